The van der Waals surface area contributed by atoms with Gasteiger partial charge in [-0.25, -0.2) is 0 Å². The number of aryl methyl sites for hydroxylation is 3. The summed E-state index contributed by atoms with van der Waals surface area (Å²) in [6.45, 7) is 4.28. The summed E-state index contributed by atoms with van der Waals surface area (Å²) in [6.07, 6.45) is 5.97. The predicted molar refractivity (Wildman–Crippen MR) is 109 cm³/mol. The van der Waals surface area contributed by atoms with Crippen LogP contribution in [0, 0.1) is 0 Å². The zero-order valence-electron chi connectivity index (χ0n) is 16.3. The molecule has 148 valence electrons. The maximum atomic E-state index is 12.1. The van der Waals surface area contributed by atoms with Gasteiger partial charge in [0.1, 0.15) is 5.01 Å². The lowest BCUT2D eigenvalue weighted by Gasteiger charge is -1.98. The van der Waals surface area contributed by atoms with Crippen molar-refractivity contribution in [2.24, 2.45) is 0 Å². The van der Waals surface area contributed by atoms with E-state index in [4.69, 9.17) is 4.52 Å². The second-order valence-corrected chi connectivity index (χ2v) is 7.63. The molecule has 7 nitrogen and oxygen atoms in total. The van der Waals surface area contributed by atoms with Crippen LogP contribution in [0.4, 0.5) is 5.13 Å². The molecule has 0 fully saturated rings. The van der Waals surface area contributed by atoms with E-state index in [9.17, 15) is 4.79 Å². The molecule has 0 bridgehead atoms. The fourth-order valence-electron chi connectivity index (χ4n) is 2.70. The standard InChI is InChI=1S/C20H25N5O2S/c1-3-5-6-7-18-23-24-20(28-18)21-16(26)12-13-17-22-19(25-27-17)15-10-8-14(4-2)9-11-15/h8-11H,3-7,12-13H2,1-2H3,(H,21,24,26). The van der Waals surface area contributed by atoms with Gasteiger partial charge in [-0.05, 0) is 18.4 Å². The Morgan fingerprint density at radius 1 is 1.11 bits per heavy atom. The van der Waals surface area contributed by atoms with Gasteiger partial charge < -0.3 is 9.84 Å². The number of hydrogen-bond donors (Lipinski definition) is 1. The first-order valence-corrected chi connectivity index (χ1v) is 10.5. The highest BCUT2D eigenvalue weighted by Gasteiger charge is 2.12. The minimum atomic E-state index is -0.136. The molecule has 0 aliphatic rings. The number of amides is 1. The molecule has 1 N–H and O–H groups in total. The van der Waals surface area contributed by atoms with E-state index in [-0.39, 0.29) is 12.3 Å². The number of benzene rings is 1. The van der Waals surface area contributed by atoms with Crippen LogP contribution in [0.5, 0.6) is 0 Å². The molecule has 3 rings (SSSR count). The third kappa shape index (κ3) is 5.69. The number of aromatic nitrogens is 4. The number of carbonyl (C=O) groups excluding carboxylic acids is 1. The number of rotatable bonds is 10. The normalized spacial score (nSPS) is 10.9. The Balaban J connectivity index is 1.47. The Morgan fingerprint density at radius 2 is 1.93 bits per heavy atom. The number of anilines is 1. The number of unbranched alkanes of at least 4 members (excludes halogenated alkanes) is 2. The largest absolute Gasteiger partial charge is 0.339 e. The second-order valence-electron chi connectivity index (χ2n) is 6.57. The lowest BCUT2D eigenvalue weighted by atomic mass is 10.1. The average molecular weight is 400 g/mol. The average Bonchev–Trinajstić information content (AvgIpc) is 3.36. The minimum absolute atomic E-state index is 0.136. The van der Waals surface area contributed by atoms with Crippen LogP contribution in [0.3, 0.4) is 0 Å². The summed E-state index contributed by atoms with van der Waals surface area (Å²) in [4.78, 5) is 16.5. The molecule has 1 amide bonds. The topological polar surface area (TPSA) is 93.8 Å². The van der Waals surface area contributed by atoms with Crippen LogP contribution in [0.2, 0.25) is 0 Å². The van der Waals surface area contributed by atoms with Crippen molar-refractivity contribution in [2.45, 2.75) is 58.8 Å². The molecule has 0 saturated heterocycles. The SMILES string of the molecule is CCCCCc1nnc(NC(=O)CCc2nc(-c3ccc(CC)cc3)no2)s1. The van der Waals surface area contributed by atoms with Gasteiger partial charge in [0.15, 0.2) is 0 Å². The van der Waals surface area contributed by atoms with Crippen LogP contribution in [-0.4, -0.2) is 26.2 Å². The molecule has 0 saturated carbocycles. The van der Waals surface area contributed by atoms with Crippen molar-refractivity contribution < 1.29 is 9.32 Å². The van der Waals surface area contributed by atoms with E-state index >= 15 is 0 Å². The van der Waals surface area contributed by atoms with E-state index in [0.29, 0.717) is 23.3 Å². The molecule has 3 aromatic rings. The Bertz CT molecular complexity index is 888. The molecular weight excluding hydrogens is 374 g/mol. The van der Waals surface area contributed by atoms with Gasteiger partial charge in [0.05, 0.1) is 0 Å². The number of nitrogens with one attached hydrogen (secondary N) is 1. The number of carbonyl (C=O) groups is 1. The Kier molecular flexibility index (Phi) is 7.25. The van der Waals surface area contributed by atoms with Gasteiger partial charge >= 0.3 is 0 Å². The number of nitrogens with zero attached hydrogens (tertiary/aromatic N) is 4. The molecule has 0 atom stereocenters. The third-order valence-corrected chi connectivity index (χ3v) is 5.26. The van der Waals surface area contributed by atoms with Crippen LogP contribution >= 0.6 is 11.3 Å². The van der Waals surface area contributed by atoms with Crippen molar-refractivity contribution in [2.75, 3.05) is 5.32 Å². The van der Waals surface area contributed by atoms with E-state index in [2.05, 4.69) is 51.6 Å². The van der Waals surface area contributed by atoms with Crippen LogP contribution in [0.25, 0.3) is 11.4 Å². The van der Waals surface area contributed by atoms with Crippen LogP contribution in [-0.2, 0) is 24.1 Å². The first-order chi connectivity index (χ1) is 13.7. The van der Waals surface area contributed by atoms with Crippen molar-refractivity contribution in [3.8, 4) is 11.4 Å². The molecule has 0 unspecified atom stereocenters. The monoisotopic (exact) mass is 399 g/mol. The highest BCUT2D eigenvalue weighted by Crippen LogP contribution is 2.19. The third-order valence-electron chi connectivity index (χ3n) is 4.36. The first kappa shape index (κ1) is 20.1. The molecule has 0 aliphatic heterocycles. The highest BCUT2D eigenvalue weighted by molar-refractivity contribution is 7.15. The van der Waals surface area contributed by atoms with E-state index in [1.54, 1.807) is 0 Å². The van der Waals surface area contributed by atoms with Crippen LogP contribution in [0.15, 0.2) is 28.8 Å². The second kappa shape index (κ2) is 10.1. The molecule has 2 aromatic heterocycles. The molecule has 2 heterocycles. The van der Waals surface area contributed by atoms with E-state index < -0.39 is 0 Å². The summed E-state index contributed by atoms with van der Waals surface area (Å²) in [6, 6.07) is 8.07. The van der Waals surface area contributed by atoms with Crippen molar-refractivity contribution in [3.05, 3.63) is 40.7 Å². The van der Waals surface area contributed by atoms with E-state index in [0.717, 1.165) is 29.8 Å². The van der Waals surface area contributed by atoms with Crippen molar-refractivity contribution in [3.63, 3.8) is 0 Å². The zero-order valence-corrected chi connectivity index (χ0v) is 17.1. The summed E-state index contributed by atoms with van der Waals surface area (Å²) >= 11 is 1.43. The predicted octanol–water partition coefficient (Wildman–Crippen LogP) is 4.45. The molecule has 1 aromatic carbocycles. The lowest BCUT2D eigenvalue weighted by molar-refractivity contribution is -0.116. The summed E-state index contributed by atoms with van der Waals surface area (Å²) in [5, 5.41) is 16.4. The van der Waals surface area contributed by atoms with Gasteiger partial charge in [-0.3, -0.25) is 4.79 Å². The van der Waals surface area contributed by atoms with Crippen LogP contribution in [0.1, 0.15) is 56.0 Å². The van der Waals surface area contributed by atoms with E-state index in [1.165, 1.54) is 29.7 Å². The molecular formula is C20H25N5O2S. The van der Waals surface area contributed by atoms with Gasteiger partial charge in [-0.15, -0.1) is 10.2 Å². The Labute approximate surface area is 168 Å². The van der Waals surface area contributed by atoms with Gasteiger partial charge in [0, 0.05) is 24.8 Å². The highest BCUT2D eigenvalue weighted by atomic mass is 32.1. The van der Waals surface area contributed by atoms with Crippen LogP contribution < -0.4 is 5.32 Å². The Hall–Kier alpha value is -2.61. The zero-order chi connectivity index (χ0) is 19.8. The van der Waals surface area contributed by atoms with Gasteiger partial charge in [-0.1, -0.05) is 67.4 Å². The maximum Gasteiger partial charge on any atom is 0.227 e. The summed E-state index contributed by atoms with van der Waals surface area (Å²) in [5.41, 5.74) is 2.16. The molecule has 0 spiro atoms. The summed E-state index contributed by atoms with van der Waals surface area (Å²) in [7, 11) is 0. The molecule has 0 radical (unpaired) electrons. The maximum absolute atomic E-state index is 12.1. The van der Waals surface area contributed by atoms with Crippen molar-refractivity contribution in [1.29, 1.82) is 0 Å². The summed E-state index contributed by atoms with van der Waals surface area (Å²) in [5.74, 6) is 0.851. The quantitative estimate of drug-likeness (QED) is 0.506. The smallest absolute Gasteiger partial charge is 0.227 e. The fraction of sp³-hybridized carbons (Fsp3) is 0.450. The molecule has 8 heteroatoms. The summed E-state index contributed by atoms with van der Waals surface area (Å²) < 4.78 is 5.27. The first-order valence-electron chi connectivity index (χ1n) is 9.72. The minimum Gasteiger partial charge on any atom is -0.339 e. The number of hydrogen-bond acceptors (Lipinski definition) is 7. The van der Waals surface area contributed by atoms with Gasteiger partial charge in [-0.2, -0.15) is 4.98 Å². The molecule has 0 aliphatic carbocycles. The van der Waals surface area contributed by atoms with Crippen molar-refractivity contribution in [1.82, 2.24) is 20.3 Å². The van der Waals surface area contributed by atoms with Crippen molar-refractivity contribution >= 4 is 22.4 Å². The van der Waals surface area contributed by atoms with Gasteiger partial charge in [0.25, 0.3) is 0 Å². The van der Waals surface area contributed by atoms with Gasteiger partial charge in [0.2, 0.25) is 22.8 Å². The molecule has 28 heavy (non-hydrogen) atoms. The Morgan fingerprint density at radius 3 is 2.68 bits per heavy atom. The fourth-order valence-corrected chi connectivity index (χ4v) is 3.49. The lowest BCUT2D eigenvalue weighted by Crippen LogP contribution is -2.12. The van der Waals surface area contributed by atoms with E-state index in [1.807, 2.05) is 12.1 Å².